The van der Waals surface area contributed by atoms with Crippen LogP contribution in [0.5, 0.6) is 0 Å². The molecule has 0 bridgehead atoms. The summed E-state index contributed by atoms with van der Waals surface area (Å²) < 4.78 is 0. The summed E-state index contributed by atoms with van der Waals surface area (Å²) in [5.74, 6) is -0.678. The Labute approximate surface area is 94.8 Å². The number of aryl methyl sites for hydroxylation is 1. The lowest BCUT2D eigenvalue weighted by molar-refractivity contribution is -0.126. The van der Waals surface area contributed by atoms with Crippen molar-refractivity contribution in [1.82, 2.24) is 5.32 Å². The average molecular weight is 220 g/mol. The van der Waals surface area contributed by atoms with Crippen LogP contribution in [-0.4, -0.2) is 17.9 Å². The van der Waals surface area contributed by atoms with Gasteiger partial charge in [-0.05, 0) is 18.9 Å². The highest BCUT2D eigenvalue weighted by Crippen LogP contribution is 2.02. The van der Waals surface area contributed by atoms with Crippen LogP contribution in [0.4, 0.5) is 0 Å². The number of hydrogen-bond acceptors (Lipinski definition) is 2. The van der Waals surface area contributed by atoms with Crippen molar-refractivity contribution >= 4 is 11.8 Å². The fraction of sp³-hybridized carbons (Fsp3) is 0.333. The first kappa shape index (κ1) is 12.2. The van der Waals surface area contributed by atoms with Crippen LogP contribution in [-0.2, 0) is 16.0 Å². The molecule has 3 N–H and O–H groups in total. The molecular weight excluding hydrogens is 204 g/mol. The van der Waals surface area contributed by atoms with Gasteiger partial charge in [0.05, 0.1) is 0 Å². The molecule has 0 saturated carbocycles. The molecule has 0 aliphatic heterocycles. The van der Waals surface area contributed by atoms with Crippen LogP contribution in [0, 0.1) is 0 Å². The molecule has 16 heavy (non-hydrogen) atoms. The van der Waals surface area contributed by atoms with Crippen LogP contribution >= 0.6 is 0 Å². The molecule has 0 saturated heterocycles. The number of nitrogens with one attached hydrogen (secondary N) is 1. The second-order valence-electron chi connectivity index (χ2n) is 3.68. The first-order valence-electron chi connectivity index (χ1n) is 5.22. The van der Waals surface area contributed by atoms with Crippen molar-refractivity contribution in [2.24, 2.45) is 5.73 Å². The van der Waals surface area contributed by atoms with Gasteiger partial charge in [-0.25, -0.2) is 0 Å². The van der Waals surface area contributed by atoms with E-state index in [-0.39, 0.29) is 5.91 Å². The quantitative estimate of drug-likeness (QED) is 0.763. The molecule has 2 amide bonds. The smallest absolute Gasteiger partial charge is 0.239 e. The number of nitrogens with two attached hydrogens (primary N) is 1. The van der Waals surface area contributed by atoms with E-state index in [2.05, 4.69) is 5.32 Å². The Balaban J connectivity index is 2.33. The highest BCUT2D eigenvalue weighted by molar-refractivity contribution is 5.86. The normalized spacial score (nSPS) is 11.8. The largest absolute Gasteiger partial charge is 0.368 e. The Hall–Kier alpha value is -1.84. The molecule has 0 radical (unpaired) electrons. The first-order chi connectivity index (χ1) is 7.59. The lowest BCUT2D eigenvalue weighted by Gasteiger charge is -2.09. The fourth-order valence-corrected chi connectivity index (χ4v) is 1.29. The molecule has 0 aromatic heterocycles. The number of benzene rings is 1. The fourth-order valence-electron chi connectivity index (χ4n) is 1.29. The monoisotopic (exact) mass is 220 g/mol. The van der Waals surface area contributed by atoms with Crippen LogP contribution in [0.3, 0.4) is 0 Å². The molecule has 0 aliphatic carbocycles. The van der Waals surface area contributed by atoms with Gasteiger partial charge in [0.2, 0.25) is 11.8 Å². The topological polar surface area (TPSA) is 72.2 Å². The molecular formula is C12H16N2O2. The summed E-state index contributed by atoms with van der Waals surface area (Å²) >= 11 is 0. The van der Waals surface area contributed by atoms with Crippen LogP contribution in [0.25, 0.3) is 0 Å². The van der Waals surface area contributed by atoms with Crippen molar-refractivity contribution in [3.63, 3.8) is 0 Å². The van der Waals surface area contributed by atoms with E-state index in [4.69, 9.17) is 5.73 Å². The highest BCUT2D eigenvalue weighted by Gasteiger charge is 2.11. The maximum atomic E-state index is 11.4. The molecule has 0 spiro atoms. The SMILES string of the molecule is C[C@H](NC(=O)CCc1ccccc1)C(N)=O. The lowest BCUT2D eigenvalue weighted by atomic mass is 10.1. The molecule has 0 heterocycles. The van der Waals surface area contributed by atoms with E-state index in [0.717, 1.165) is 5.56 Å². The lowest BCUT2D eigenvalue weighted by Crippen LogP contribution is -2.42. The Morgan fingerprint density at radius 1 is 1.31 bits per heavy atom. The maximum Gasteiger partial charge on any atom is 0.239 e. The predicted molar refractivity (Wildman–Crippen MR) is 61.6 cm³/mol. The zero-order valence-electron chi connectivity index (χ0n) is 9.27. The maximum absolute atomic E-state index is 11.4. The van der Waals surface area contributed by atoms with E-state index in [0.29, 0.717) is 12.8 Å². The van der Waals surface area contributed by atoms with Gasteiger partial charge in [-0.2, -0.15) is 0 Å². The number of primary amides is 1. The Kier molecular flexibility index (Phi) is 4.51. The molecule has 0 unspecified atom stereocenters. The number of amides is 2. The summed E-state index contributed by atoms with van der Waals surface area (Å²) in [7, 11) is 0. The second-order valence-corrected chi connectivity index (χ2v) is 3.68. The molecule has 1 rings (SSSR count). The van der Waals surface area contributed by atoms with Crippen molar-refractivity contribution in [2.45, 2.75) is 25.8 Å². The molecule has 4 heteroatoms. The van der Waals surface area contributed by atoms with Crippen LogP contribution in [0.1, 0.15) is 18.9 Å². The molecule has 1 aromatic rings. The van der Waals surface area contributed by atoms with Gasteiger partial charge in [0.15, 0.2) is 0 Å². The third-order valence-corrected chi connectivity index (χ3v) is 2.29. The summed E-state index contributed by atoms with van der Waals surface area (Å²) in [5.41, 5.74) is 6.14. The van der Waals surface area contributed by atoms with E-state index in [1.54, 1.807) is 6.92 Å². The summed E-state index contributed by atoms with van der Waals surface area (Å²) in [6, 6.07) is 9.11. The molecule has 4 nitrogen and oxygen atoms in total. The van der Waals surface area contributed by atoms with E-state index in [9.17, 15) is 9.59 Å². The number of hydrogen-bond donors (Lipinski definition) is 2. The van der Waals surface area contributed by atoms with Gasteiger partial charge < -0.3 is 11.1 Å². The number of carbonyl (C=O) groups excluding carboxylic acids is 2. The Morgan fingerprint density at radius 2 is 1.94 bits per heavy atom. The third-order valence-electron chi connectivity index (χ3n) is 2.29. The van der Waals surface area contributed by atoms with E-state index >= 15 is 0 Å². The van der Waals surface area contributed by atoms with Crippen molar-refractivity contribution in [3.05, 3.63) is 35.9 Å². The highest BCUT2D eigenvalue weighted by atomic mass is 16.2. The van der Waals surface area contributed by atoms with Crippen molar-refractivity contribution in [1.29, 1.82) is 0 Å². The minimum Gasteiger partial charge on any atom is -0.368 e. The minimum absolute atomic E-state index is 0.157. The van der Waals surface area contributed by atoms with Crippen molar-refractivity contribution in [3.8, 4) is 0 Å². The summed E-state index contributed by atoms with van der Waals surface area (Å²) in [6.07, 6.45) is 1.03. The van der Waals surface area contributed by atoms with Crippen LogP contribution in [0.15, 0.2) is 30.3 Å². The van der Waals surface area contributed by atoms with Crippen LogP contribution < -0.4 is 11.1 Å². The van der Waals surface area contributed by atoms with Gasteiger partial charge in [0, 0.05) is 6.42 Å². The Bertz CT molecular complexity index is 363. The van der Waals surface area contributed by atoms with E-state index in [1.165, 1.54) is 0 Å². The van der Waals surface area contributed by atoms with E-state index in [1.807, 2.05) is 30.3 Å². The van der Waals surface area contributed by atoms with E-state index < -0.39 is 11.9 Å². The molecule has 0 aliphatic rings. The third kappa shape index (κ3) is 4.13. The standard InChI is InChI=1S/C12H16N2O2/c1-9(12(13)16)14-11(15)8-7-10-5-3-2-4-6-10/h2-6,9H,7-8H2,1H3,(H2,13,16)(H,14,15)/t9-/m0/s1. The zero-order valence-corrected chi connectivity index (χ0v) is 9.27. The Morgan fingerprint density at radius 3 is 2.50 bits per heavy atom. The second kappa shape index (κ2) is 5.90. The predicted octanol–water partition coefficient (Wildman–Crippen LogP) is 0.609. The van der Waals surface area contributed by atoms with Gasteiger partial charge in [0.1, 0.15) is 6.04 Å². The summed E-state index contributed by atoms with van der Waals surface area (Å²) in [4.78, 5) is 22.1. The molecule has 86 valence electrons. The first-order valence-corrected chi connectivity index (χ1v) is 5.22. The van der Waals surface area contributed by atoms with Crippen LogP contribution in [0.2, 0.25) is 0 Å². The average Bonchev–Trinajstić information content (AvgIpc) is 2.27. The molecule has 1 aromatic carbocycles. The van der Waals surface area contributed by atoms with Crippen molar-refractivity contribution < 1.29 is 9.59 Å². The number of rotatable bonds is 5. The van der Waals surface area contributed by atoms with Gasteiger partial charge >= 0.3 is 0 Å². The van der Waals surface area contributed by atoms with Gasteiger partial charge in [0.25, 0.3) is 0 Å². The van der Waals surface area contributed by atoms with Gasteiger partial charge in [-0.1, -0.05) is 30.3 Å². The minimum atomic E-state index is -0.608. The van der Waals surface area contributed by atoms with Gasteiger partial charge in [-0.3, -0.25) is 9.59 Å². The van der Waals surface area contributed by atoms with Gasteiger partial charge in [-0.15, -0.1) is 0 Å². The van der Waals surface area contributed by atoms with Crippen molar-refractivity contribution in [2.75, 3.05) is 0 Å². The molecule has 0 fully saturated rings. The number of carbonyl (C=O) groups is 2. The summed E-state index contributed by atoms with van der Waals surface area (Å²) in [6.45, 7) is 1.57. The molecule has 1 atom stereocenters. The summed E-state index contributed by atoms with van der Waals surface area (Å²) in [5, 5.41) is 2.54. The zero-order chi connectivity index (χ0) is 12.0.